The smallest absolute Gasteiger partial charge is 0.252 e. The maximum atomic E-state index is 13.0. The molecule has 1 aliphatic heterocycles. The number of nitrogens with zero attached hydrogens (tertiary/aromatic N) is 4. The van der Waals surface area contributed by atoms with Gasteiger partial charge in [-0.3, -0.25) is 14.1 Å². The van der Waals surface area contributed by atoms with Gasteiger partial charge in [0.15, 0.2) is 0 Å². The average Bonchev–Trinajstić information content (AvgIpc) is 3.26. The van der Waals surface area contributed by atoms with Crippen LogP contribution in [0.15, 0.2) is 53.3 Å². The Labute approximate surface area is 199 Å². The standard InChI is InChI=1S/C22H25N7O4S/c1-22(2,13-33-16-6-4-5-15-19(16)20(23)28-34(31)27-15)26-21(30)14-7-8-24-17(11-14)29-10-9-25-18(29)12-32-3/h4-11,27H,12-13H2,1-3H3,(H2,23,28)(H,26,30). The number of nitrogens with one attached hydrogen (secondary N) is 2. The highest BCUT2D eigenvalue weighted by atomic mass is 32.2. The summed E-state index contributed by atoms with van der Waals surface area (Å²) < 4.78 is 31.2. The van der Waals surface area contributed by atoms with E-state index in [4.69, 9.17) is 15.2 Å². The monoisotopic (exact) mass is 483 g/mol. The topological polar surface area (TPSA) is 146 Å². The van der Waals surface area contributed by atoms with Gasteiger partial charge in [0.05, 0.1) is 16.8 Å². The lowest BCUT2D eigenvalue weighted by Crippen LogP contribution is -2.48. The maximum absolute atomic E-state index is 13.0. The molecule has 178 valence electrons. The molecule has 0 saturated carbocycles. The second-order valence-corrected chi connectivity index (χ2v) is 9.07. The van der Waals surface area contributed by atoms with E-state index in [1.54, 1.807) is 60.6 Å². The molecule has 3 heterocycles. The molecule has 2 aromatic heterocycles. The molecule has 1 unspecified atom stereocenters. The second-order valence-electron chi connectivity index (χ2n) is 8.18. The van der Waals surface area contributed by atoms with Gasteiger partial charge >= 0.3 is 0 Å². The maximum Gasteiger partial charge on any atom is 0.252 e. The van der Waals surface area contributed by atoms with Crippen LogP contribution >= 0.6 is 0 Å². The molecular weight excluding hydrogens is 458 g/mol. The molecule has 0 fully saturated rings. The fourth-order valence-electron chi connectivity index (χ4n) is 3.40. The quantitative estimate of drug-likeness (QED) is 0.442. The molecule has 4 N–H and O–H groups in total. The van der Waals surface area contributed by atoms with E-state index in [0.717, 1.165) is 0 Å². The number of ether oxygens (including phenoxy) is 2. The van der Waals surface area contributed by atoms with E-state index < -0.39 is 16.7 Å². The summed E-state index contributed by atoms with van der Waals surface area (Å²) in [6.07, 6.45) is 4.98. The number of carbonyl (C=O) groups is 1. The molecule has 0 radical (unpaired) electrons. The molecule has 1 atom stereocenters. The number of hydrogen-bond acceptors (Lipinski definition) is 7. The van der Waals surface area contributed by atoms with Gasteiger partial charge in [-0.15, -0.1) is 0 Å². The molecule has 34 heavy (non-hydrogen) atoms. The van der Waals surface area contributed by atoms with Crippen molar-refractivity contribution in [3.63, 3.8) is 0 Å². The van der Waals surface area contributed by atoms with E-state index in [9.17, 15) is 9.00 Å². The van der Waals surface area contributed by atoms with Gasteiger partial charge in [0.2, 0.25) is 11.2 Å². The zero-order chi connectivity index (χ0) is 24.3. The average molecular weight is 484 g/mol. The van der Waals surface area contributed by atoms with Crippen LogP contribution in [-0.4, -0.2) is 49.7 Å². The van der Waals surface area contributed by atoms with Crippen molar-refractivity contribution in [2.24, 2.45) is 10.1 Å². The molecule has 4 rings (SSSR count). The van der Waals surface area contributed by atoms with E-state index in [0.29, 0.717) is 40.8 Å². The Balaban J connectivity index is 1.46. The van der Waals surface area contributed by atoms with E-state index in [-0.39, 0.29) is 18.3 Å². The molecule has 1 aromatic carbocycles. The first kappa shape index (κ1) is 23.4. The van der Waals surface area contributed by atoms with Crippen molar-refractivity contribution in [2.45, 2.75) is 26.0 Å². The predicted octanol–water partition coefficient (Wildman–Crippen LogP) is 1.71. The number of benzene rings is 1. The van der Waals surface area contributed by atoms with Crippen molar-refractivity contribution >= 4 is 28.6 Å². The number of carbonyl (C=O) groups excluding carboxylic acids is 1. The molecule has 12 heteroatoms. The first-order chi connectivity index (χ1) is 16.3. The number of hydrogen-bond donors (Lipinski definition) is 3. The fraction of sp³-hybridized carbons (Fsp3) is 0.273. The Hall–Kier alpha value is -3.77. The van der Waals surface area contributed by atoms with Gasteiger partial charge < -0.3 is 20.5 Å². The summed E-state index contributed by atoms with van der Waals surface area (Å²) in [4.78, 5) is 21.6. The van der Waals surface area contributed by atoms with Crippen molar-refractivity contribution in [1.29, 1.82) is 0 Å². The van der Waals surface area contributed by atoms with Gasteiger partial charge in [0.25, 0.3) is 5.91 Å². The number of imidazole rings is 1. The molecule has 3 aromatic rings. The highest BCUT2D eigenvalue weighted by molar-refractivity contribution is 7.85. The second kappa shape index (κ2) is 9.61. The lowest BCUT2D eigenvalue weighted by Gasteiger charge is -2.27. The van der Waals surface area contributed by atoms with Crippen LogP contribution in [0.1, 0.15) is 35.6 Å². The van der Waals surface area contributed by atoms with Crippen LogP contribution in [0.2, 0.25) is 0 Å². The summed E-state index contributed by atoms with van der Waals surface area (Å²) in [6.45, 7) is 4.17. The number of aromatic nitrogens is 3. The van der Waals surface area contributed by atoms with Crippen LogP contribution in [0.3, 0.4) is 0 Å². The van der Waals surface area contributed by atoms with Gasteiger partial charge in [-0.05, 0) is 38.1 Å². The lowest BCUT2D eigenvalue weighted by atomic mass is 10.1. The first-order valence-electron chi connectivity index (χ1n) is 10.4. The van der Waals surface area contributed by atoms with Crippen LogP contribution < -0.4 is 20.5 Å². The molecule has 11 nitrogen and oxygen atoms in total. The summed E-state index contributed by atoms with van der Waals surface area (Å²) in [5, 5.41) is 2.99. The molecule has 0 aliphatic carbocycles. The molecule has 0 saturated heterocycles. The van der Waals surface area contributed by atoms with Crippen molar-refractivity contribution in [3.8, 4) is 11.6 Å². The largest absolute Gasteiger partial charge is 0.490 e. The summed E-state index contributed by atoms with van der Waals surface area (Å²) in [5.74, 6) is 1.55. The van der Waals surface area contributed by atoms with E-state index in [2.05, 4.69) is 24.4 Å². The molecular formula is C22H25N7O4S. The van der Waals surface area contributed by atoms with Gasteiger partial charge in [0, 0.05) is 31.3 Å². The van der Waals surface area contributed by atoms with E-state index >= 15 is 0 Å². The summed E-state index contributed by atoms with van der Waals surface area (Å²) in [7, 11) is 1.59. The number of pyridine rings is 1. The number of rotatable bonds is 8. The zero-order valence-electron chi connectivity index (χ0n) is 18.9. The Morgan fingerprint density at radius 3 is 2.88 bits per heavy atom. The minimum absolute atomic E-state index is 0.126. The third-order valence-electron chi connectivity index (χ3n) is 4.95. The Kier molecular flexibility index (Phi) is 6.61. The minimum Gasteiger partial charge on any atom is -0.490 e. The molecule has 1 amide bonds. The van der Waals surface area contributed by atoms with Crippen LogP contribution in [-0.2, 0) is 22.5 Å². The first-order valence-corrected chi connectivity index (χ1v) is 11.5. The Morgan fingerprint density at radius 1 is 1.26 bits per heavy atom. The highest BCUT2D eigenvalue weighted by Gasteiger charge is 2.25. The van der Waals surface area contributed by atoms with Gasteiger partial charge in [-0.25, -0.2) is 14.2 Å². The number of fused-ring (bicyclic) bond motifs is 1. The third-order valence-corrected chi connectivity index (χ3v) is 5.70. The van der Waals surface area contributed by atoms with Crippen LogP contribution in [0, 0.1) is 0 Å². The number of methoxy groups -OCH3 is 1. The van der Waals surface area contributed by atoms with Crippen LogP contribution in [0.4, 0.5) is 5.69 Å². The van der Waals surface area contributed by atoms with Gasteiger partial charge in [0.1, 0.15) is 36.4 Å². The number of amidine groups is 1. The normalized spacial score (nSPS) is 15.1. The Bertz CT molecular complexity index is 1270. The third kappa shape index (κ3) is 5.07. The summed E-state index contributed by atoms with van der Waals surface area (Å²) in [5.41, 5.74) is 6.79. The van der Waals surface area contributed by atoms with E-state index in [1.807, 2.05) is 13.8 Å². The number of amides is 1. The van der Waals surface area contributed by atoms with Crippen molar-refractivity contribution < 1.29 is 18.5 Å². The van der Waals surface area contributed by atoms with Crippen LogP contribution in [0.5, 0.6) is 5.75 Å². The van der Waals surface area contributed by atoms with Crippen LogP contribution in [0.25, 0.3) is 5.82 Å². The van der Waals surface area contributed by atoms with E-state index in [1.165, 1.54) is 0 Å². The SMILES string of the molecule is COCc1nccn1-c1cc(C(=O)NC(C)(C)COc2cccc3c2C(N)=NS(=O)N3)ccn1. The minimum atomic E-state index is -1.62. The van der Waals surface area contributed by atoms with Gasteiger partial charge in [-0.2, -0.15) is 4.40 Å². The van der Waals surface area contributed by atoms with Crippen molar-refractivity contribution in [3.05, 3.63) is 65.9 Å². The highest BCUT2D eigenvalue weighted by Crippen LogP contribution is 2.30. The Morgan fingerprint density at radius 2 is 2.09 bits per heavy atom. The van der Waals surface area contributed by atoms with Crippen molar-refractivity contribution in [2.75, 3.05) is 18.4 Å². The predicted molar refractivity (Wildman–Crippen MR) is 128 cm³/mol. The molecule has 0 bridgehead atoms. The number of anilines is 1. The van der Waals surface area contributed by atoms with Crippen molar-refractivity contribution in [1.82, 2.24) is 19.9 Å². The summed E-state index contributed by atoms with van der Waals surface area (Å²) in [6, 6.07) is 8.57. The molecule has 1 aliphatic rings. The zero-order valence-corrected chi connectivity index (χ0v) is 19.8. The van der Waals surface area contributed by atoms with Gasteiger partial charge in [-0.1, -0.05) is 6.07 Å². The number of nitrogens with two attached hydrogens (primary N) is 1. The molecule has 0 spiro atoms. The summed E-state index contributed by atoms with van der Waals surface area (Å²) >= 11 is -1.62. The lowest BCUT2D eigenvalue weighted by molar-refractivity contribution is 0.0880. The fourth-order valence-corrected chi connectivity index (χ4v) is 4.07.